The fourth-order valence-electron chi connectivity index (χ4n) is 3.52. The molecule has 1 aromatic carbocycles. The van der Waals surface area contributed by atoms with Crippen molar-refractivity contribution in [2.24, 2.45) is 0 Å². The lowest BCUT2D eigenvalue weighted by Gasteiger charge is -2.20. The van der Waals surface area contributed by atoms with E-state index in [0.717, 1.165) is 12.8 Å². The summed E-state index contributed by atoms with van der Waals surface area (Å²) in [5.74, 6) is -1.00. The molecule has 0 aromatic heterocycles. The number of ketones is 2. The summed E-state index contributed by atoms with van der Waals surface area (Å²) >= 11 is 12.2. The Morgan fingerprint density at radius 1 is 0.857 bits per heavy atom. The molecule has 1 aromatic rings. The number of carbonyl (C=O) groups is 4. The lowest BCUT2D eigenvalue weighted by atomic mass is 9.96. The topological polar surface area (TPSA) is 92.3 Å². The number of amides is 2. The van der Waals surface area contributed by atoms with Crippen molar-refractivity contribution >= 4 is 46.6 Å². The molecule has 2 heterocycles. The number of hydrogen-bond acceptors (Lipinski definition) is 4. The van der Waals surface area contributed by atoms with Gasteiger partial charge in [0.15, 0.2) is 11.6 Å². The molecule has 4 atom stereocenters. The van der Waals surface area contributed by atoms with Gasteiger partial charge in [0, 0.05) is 17.5 Å². The largest absolute Gasteiger partial charge is 0.346 e. The first-order chi connectivity index (χ1) is 13.4. The normalized spacial score (nSPS) is 28.5. The number of benzene rings is 1. The van der Waals surface area contributed by atoms with Crippen LogP contribution in [0.3, 0.4) is 0 Å². The highest BCUT2D eigenvalue weighted by molar-refractivity contribution is 6.32. The van der Waals surface area contributed by atoms with E-state index in [1.165, 1.54) is 0 Å². The Balaban J connectivity index is 1.72. The summed E-state index contributed by atoms with van der Waals surface area (Å²) in [6.07, 6.45) is 3.49. The van der Waals surface area contributed by atoms with E-state index in [4.69, 9.17) is 23.2 Å². The van der Waals surface area contributed by atoms with Crippen LogP contribution in [0.25, 0.3) is 0 Å². The Bertz CT molecular complexity index is 781. The monoisotopic (exact) mass is 424 g/mol. The molecule has 150 valence electrons. The fourth-order valence-corrected chi connectivity index (χ4v) is 4.01. The molecule has 28 heavy (non-hydrogen) atoms. The van der Waals surface area contributed by atoms with Crippen LogP contribution in [0.2, 0.25) is 0 Å². The van der Waals surface area contributed by atoms with Gasteiger partial charge < -0.3 is 10.6 Å². The molecule has 2 aliphatic heterocycles. The Morgan fingerprint density at radius 2 is 1.50 bits per heavy atom. The predicted molar refractivity (Wildman–Crippen MR) is 106 cm³/mol. The second-order valence-electron chi connectivity index (χ2n) is 7.22. The van der Waals surface area contributed by atoms with Gasteiger partial charge in [-0.3, -0.25) is 19.2 Å². The van der Waals surface area contributed by atoms with E-state index in [-0.39, 0.29) is 17.5 Å². The lowest BCUT2D eigenvalue weighted by molar-refractivity contribution is -0.121. The summed E-state index contributed by atoms with van der Waals surface area (Å²) in [4.78, 5) is 49.1. The van der Waals surface area contributed by atoms with Gasteiger partial charge in [-0.25, -0.2) is 0 Å². The zero-order valence-electron chi connectivity index (χ0n) is 15.3. The van der Waals surface area contributed by atoms with Gasteiger partial charge in [-0.05, 0) is 25.7 Å². The van der Waals surface area contributed by atoms with Gasteiger partial charge in [-0.1, -0.05) is 30.7 Å². The first kappa shape index (κ1) is 20.8. The third kappa shape index (κ3) is 4.73. The zero-order valence-corrected chi connectivity index (χ0v) is 16.8. The van der Waals surface area contributed by atoms with Gasteiger partial charge in [0.25, 0.3) is 0 Å². The Hall–Kier alpha value is -1.92. The van der Waals surface area contributed by atoms with E-state index in [0.29, 0.717) is 36.8 Å². The maximum absolute atomic E-state index is 12.8. The Morgan fingerprint density at radius 3 is 2.18 bits per heavy atom. The SMILES string of the molecule is O=C1CCCCC(C(=O)c2ccc(C(=O)C3NC(=O)C(Cl)CCC3Cl)cc2)N1. The number of halogens is 2. The number of rotatable bonds is 4. The van der Waals surface area contributed by atoms with Crippen molar-refractivity contribution in [3.63, 3.8) is 0 Å². The van der Waals surface area contributed by atoms with Crippen LogP contribution < -0.4 is 10.6 Å². The summed E-state index contributed by atoms with van der Waals surface area (Å²) in [6.45, 7) is 0. The molecule has 0 aliphatic carbocycles. The second-order valence-corrected chi connectivity index (χ2v) is 8.31. The van der Waals surface area contributed by atoms with Crippen molar-refractivity contribution in [1.29, 1.82) is 0 Å². The van der Waals surface area contributed by atoms with Crippen LogP contribution in [0, 0.1) is 0 Å². The van der Waals surface area contributed by atoms with Crippen molar-refractivity contribution < 1.29 is 19.2 Å². The molecule has 6 nitrogen and oxygen atoms in total. The molecule has 0 spiro atoms. The van der Waals surface area contributed by atoms with Crippen LogP contribution in [-0.2, 0) is 9.59 Å². The molecular formula is C20H22Cl2N2O4. The van der Waals surface area contributed by atoms with Crippen molar-refractivity contribution in [1.82, 2.24) is 10.6 Å². The van der Waals surface area contributed by atoms with E-state index in [9.17, 15) is 19.2 Å². The van der Waals surface area contributed by atoms with E-state index < -0.39 is 28.7 Å². The van der Waals surface area contributed by atoms with E-state index in [2.05, 4.69) is 10.6 Å². The molecule has 2 amide bonds. The minimum Gasteiger partial charge on any atom is -0.346 e. The van der Waals surface area contributed by atoms with Crippen molar-refractivity contribution in [2.75, 3.05) is 0 Å². The lowest BCUT2D eigenvalue weighted by Crippen LogP contribution is -2.46. The standard InChI is InChI=1S/C20H22Cl2N2O4/c21-13-9-10-14(22)20(28)24-17(13)19(27)12-7-5-11(6-8-12)18(26)15-3-1-2-4-16(25)23-15/h5-8,13-15,17H,1-4,9-10H2,(H,23,25)(H,24,28). The Kier molecular flexibility index (Phi) is 6.73. The second kappa shape index (κ2) is 9.05. The fraction of sp³-hybridized carbons (Fsp3) is 0.500. The molecule has 0 saturated carbocycles. The maximum Gasteiger partial charge on any atom is 0.238 e. The van der Waals surface area contributed by atoms with Gasteiger partial charge in [0.05, 0.1) is 11.4 Å². The van der Waals surface area contributed by atoms with E-state index in [1.807, 2.05) is 0 Å². The highest BCUT2D eigenvalue weighted by atomic mass is 35.5. The van der Waals surface area contributed by atoms with Crippen molar-refractivity contribution in [2.45, 2.75) is 61.4 Å². The Labute approximate surface area is 173 Å². The first-order valence-electron chi connectivity index (χ1n) is 9.43. The molecule has 0 bridgehead atoms. The molecule has 2 N–H and O–H groups in total. The third-order valence-electron chi connectivity index (χ3n) is 5.17. The quantitative estimate of drug-likeness (QED) is 0.573. The molecule has 3 rings (SSSR count). The summed E-state index contributed by atoms with van der Waals surface area (Å²) in [6, 6.07) is 4.84. The molecular weight excluding hydrogens is 403 g/mol. The molecule has 2 aliphatic rings. The third-order valence-corrected chi connectivity index (χ3v) is 6.06. The number of nitrogens with one attached hydrogen (secondary N) is 2. The smallest absolute Gasteiger partial charge is 0.238 e. The van der Waals surface area contributed by atoms with Crippen LogP contribution in [0.5, 0.6) is 0 Å². The van der Waals surface area contributed by atoms with Crippen LogP contribution in [0.15, 0.2) is 24.3 Å². The minimum atomic E-state index is -0.861. The summed E-state index contributed by atoms with van der Waals surface area (Å²) in [5, 5.41) is 4.11. The number of carbonyl (C=O) groups excluding carboxylic acids is 4. The zero-order chi connectivity index (χ0) is 20.3. The number of hydrogen-bond donors (Lipinski definition) is 2. The molecule has 4 unspecified atom stereocenters. The maximum atomic E-state index is 12.8. The molecule has 0 radical (unpaired) electrons. The van der Waals surface area contributed by atoms with Crippen LogP contribution in [-0.4, -0.2) is 46.2 Å². The average Bonchev–Trinajstić information content (AvgIpc) is 2.99. The van der Waals surface area contributed by atoms with Gasteiger partial charge >= 0.3 is 0 Å². The molecule has 8 heteroatoms. The highest BCUT2D eigenvalue weighted by Crippen LogP contribution is 2.22. The summed E-state index contributed by atoms with van der Waals surface area (Å²) in [7, 11) is 0. The van der Waals surface area contributed by atoms with E-state index >= 15 is 0 Å². The van der Waals surface area contributed by atoms with Crippen LogP contribution in [0.4, 0.5) is 0 Å². The van der Waals surface area contributed by atoms with Crippen LogP contribution >= 0.6 is 23.2 Å². The average molecular weight is 425 g/mol. The minimum absolute atomic E-state index is 0.113. The van der Waals surface area contributed by atoms with Gasteiger partial charge in [-0.2, -0.15) is 0 Å². The number of alkyl halides is 2. The van der Waals surface area contributed by atoms with Gasteiger partial charge in [-0.15, -0.1) is 23.2 Å². The van der Waals surface area contributed by atoms with Gasteiger partial charge in [0.2, 0.25) is 11.8 Å². The molecule has 2 saturated heterocycles. The van der Waals surface area contributed by atoms with E-state index in [1.54, 1.807) is 24.3 Å². The predicted octanol–water partition coefficient (Wildman–Crippen LogP) is 2.60. The van der Waals surface area contributed by atoms with Crippen molar-refractivity contribution in [3.05, 3.63) is 35.4 Å². The number of Topliss-reactive ketones (excluding diaryl/α,β-unsaturated/α-hetero) is 2. The summed E-state index contributed by atoms with van der Waals surface area (Å²) in [5.41, 5.74) is 0.780. The summed E-state index contributed by atoms with van der Waals surface area (Å²) < 4.78 is 0. The molecule has 2 fully saturated rings. The first-order valence-corrected chi connectivity index (χ1v) is 10.3. The highest BCUT2D eigenvalue weighted by Gasteiger charge is 2.35. The van der Waals surface area contributed by atoms with Crippen molar-refractivity contribution in [3.8, 4) is 0 Å². The van der Waals surface area contributed by atoms with Crippen LogP contribution in [0.1, 0.15) is 59.2 Å². The van der Waals surface area contributed by atoms with Gasteiger partial charge in [0.1, 0.15) is 11.4 Å².